The molecular formula is C16H36N2S. The number of rotatable bonds is 10. The van der Waals surface area contributed by atoms with Crippen molar-refractivity contribution in [1.82, 2.24) is 10.2 Å². The number of nitrogens with zero attached hydrogens (tertiary/aromatic N) is 1. The van der Waals surface area contributed by atoms with Crippen LogP contribution in [0.2, 0.25) is 0 Å². The van der Waals surface area contributed by atoms with Crippen LogP contribution < -0.4 is 5.32 Å². The van der Waals surface area contributed by atoms with Gasteiger partial charge >= 0.3 is 0 Å². The van der Waals surface area contributed by atoms with Crippen molar-refractivity contribution in [3.8, 4) is 0 Å². The van der Waals surface area contributed by atoms with Gasteiger partial charge in [0.25, 0.3) is 0 Å². The zero-order valence-corrected chi connectivity index (χ0v) is 15.1. The maximum absolute atomic E-state index is 3.72. The summed E-state index contributed by atoms with van der Waals surface area (Å²) in [6.07, 6.45) is 5.91. The Balaban J connectivity index is 4.29. The Morgan fingerprint density at radius 2 is 1.84 bits per heavy atom. The third-order valence-corrected chi connectivity index (χ3v) is 4.63. The van der Waals surface area contributed by atoms with Gasteiger partial charge in [-0.2, -0.15) is 11.8 Å². The summed E-state index contributed by atoms with van der Waals surface area (Å²) < 4.78 is 0. The molecule has 116 valence electrons. The van der Waals surface area contributed by atoms with E-state index in [1.807, 2.05) is 11.8 Å². The Morgan fingerprint density at radius 3 is 2.26 bits per heavy atom. The highest BCUT2D eigenvalue weighted by molar-refractivity contribution is 7.98. The van der Waals surface area contributed by atoms with Crippen molar-refractivity contribution in [3.05, 3.63) is 0 Å². The average Bonchev–Trinajstić information content (AvgIpc) is 2.34. The maximum atomic E-state index is 3.72. The van der Waals surface area contributed by atoms with Gasteiger partial charge in [-0.05, 0) is 51.1 Å². The fourth-order valence-corrected chi connectivity index (χ4v) is 3.30. The van der Waals surface area contributed by atoms with Crippen molar-refractivity contribution in [3.63, 3.8) is 0 Å². The van der Waals surface area contributed by atoms with Gasteiger partial charge < -0.3 is 10.2 Å². The molecule has 1 N–H and O–H groups in total. The van der Waals surface area contributed by atoms with Crippen LogP contribution in [-0.4, -0.2) is 49.1 Å². The molecule has 0 fully saturated rings. The summed E-state index contributed by atoms with van der Waals surface area (Å²) in [5, 5.41) is 3.72. The van der Waals surface area contributed by atoms with Crippen LogP contribution in [0.1, 0.15) is 53.9 Å². The Kier molecular flexibility index (Phi) is 10.2. The number of nitrogens with one attached hydrogen (secondary N) is 1. The summed E-state index contributed by atoms with van der Waals surface area (Å²) in [6, 6.07) is 1.34. The molecule has 0 radical (unpaired) electrons. The molecule has 2 atom stereocenters. The minimum atomic E-state index is 0.344. The smallest absolute Gasteiger partial charge is 0.0180 e. The predicted octanol–water partition coefficient (Wildman–Crippen LogP) is 3.86. The second-order valence-electron chi connectivity index (χ2n) is 6.66. The molecule has 0 rings (SSSR count). The molecule has 0 saturated heterocycles. The monoisotopic (exact) mass is 288 g/mol. The van der Waals surface area contributed by atoms with Gasteiger partial charge in [-0.3, -0.25) is 0 Å². The molecule has 0 aromatic carbocycles. The fraction of sp³-hybridized carbons (Fsp3) is 1.00. The van der Waals surface area contributed by atoms with E-state index in [1.54, 1.807) is 0 Å². The second-order valence-corrected chi connectivity index (χ2v) is 7.57. The first-order valence-corrected chi connectivity index (χ1v) is 9.18. The minimum absolute atomic E-state index is 0.344. The van der Waals surface area contributed by atoms with Crippen molar-refractivity contribution in [1.29, 1.82) is 0 Å². The van der Waals surface area contributed by atoms with E-state index in [4.69, 9.17) is 0 Å². The lowest BCUT2D eigenvalue weighted by Gasteiger charge is -2.34. The fourth-order valence-electron chi connectivity index (χ4n) is 2.42. The summed E-state index contributed by atoms with van der Waals surface area (Å²) >= 11 is 1.96. The van der Waals surface area contributed by atoms with Gasteiger partial charge in [-0.15, -0.1) is 0 Å². The lowest BCUT2D eigenvalue weighted by atomic mass is 9.84. The van der Waals surface area contributed by atoms with E-state index in [1.165, 1.54) is 31.6 Å². The summed E-state index contributed by atoms with van der Waals surface area (Å²) in [7, 11) is 2.28. The zero-order valence-electron chi connectivity index (χ0n) is 14.3. The molecule has 0 aromatic rings. The molecular weight excluding hydrogens is 252 g/mol. The van der Waals surface area contributed by atoms with E-state index in [0.717, 1.165) is 12.6 Å². The molecule has 0 aliphatic rings. The van der Waals surface area contributed by atoms with Crippen LogP contribution in [0.5, 0.6) is 0 Å². The number of hydrogen-bond acceptors (Lipinski definition) is 3. The third-order valence-electron chi connectivity index (χ3n) is 3.91. The normalized spacial score (nSPS) is 15.8. The van der Waals surface area contributed by atoms with Crippen LogP contribution in [0, 0.1) is 5.41 Å². The molecule has 2 unspecified atom stereocenters. The molecule has 0 aromatic heterocycles. The first-order chi connectivity index (χ1) is 8.86. The molecule has 0 bridgehead atoms. The first-order valence-electron chi connectivity index (χ1n) is 7.79. The molecule has 0 aliphatic carbocycles. The van der Waals surface area contributed by atoms with Gasteiger partial charge in [0, 0.05) is 17.8 Å². The molecule has 19 heavy (non-hydrogen) atoms. The standard InChI is InChI=1S/C16H36N2S/c1-8-11-17-15(16(3,4)5)10-12-18(6)14(9-2)13-19-7/h14-15,17H,8-13H2,1-7H3. The topological polar surface area (TPSA) is 15.3 Å². The van der Waals surface area contributed by atoms with Gasteiger partial charge in [0.1, 0.15) is 0 Å². The number of hydrogen-bond donors (Lipinski definition) is 1. The van der Waals surface area contributed by atoms with Crippen molar-refractivity contribution in [2.75, 3.05) is 32.1 Å². The molecule has 0 saturated carbocycles. The van der Waals surface area contributed by atoms with E-state index in [0.29, 0.717) is 11.5 Å². The quantitative estimate of drug-likeness (QED) is 0.657. The van der Waals surface area contributed by atoms with E-state index < -0.39 is 0 Å². The van der Waals surface area contributed by atoms with Gasteiger partial charge in [0.2, 0.25) is 0 Å². The highest BCUT2D eigenvalue weighted by Gasteiger charge is 2.24. The van der Waals surface area contributed by atoms with Crippen LogP contribution in [0.25, 0.3) is 0 Å². The summed E-state index contributed by atoms with van der Waals surface area (Å²) in [4.78, 5) is 2.54. The van der Waals surface area contributed by atoms with Crippen molar-refractivity contribution < 1.29 is 0 Å². The van der Waals surface area contributed by atoms with Gasteiger partial charge in [0.05, 0.1) is 0 Å². The van der Waals surface area contributed by atoms with Gasteiger partial charge in [-0.1, -0.05) is 34.6 Å². The molecule has 0 aliphatic heterocycles. The van der Waals surface area contributed by atoms with E-state index in [2.05, 4.69) is 58.1 Å². The highest BCUT2D eigenvalue weighted by atomic mass is 32.2. The average molecular weight is 289 g/mol. The molecule has 2 nitrogen and oxygen atoms in total. The van der Waals surface area contributed by atoms with Crippen molar-refractivity contribution >= 4 is 11.8 Å². The zero-order chi connectivity index (χ0) is 14.9. The van der Waals surface area contributed by atoms with Crippen LogP contribution in [0.4, 0.5) is 0 Å². The predicted molar refractivity (Wildman–Crippen MR) is 91.2 cm³/mol. The van der Waals surface area contributed by atoms with E-state index in [9.17, 15) is 0 Å². The summed E-state index contributed by atoms with van der Waals surface area (Å²) in [6.45, 7) is 13.9. The second kappa shape index (κ2) is 10.1. The lowest BCUT2D eigenvalue weighted by molar-refractivity contribution is 0.197. The Labute approximate surface area is 126 Å². The molecule has 0 spiro atoms. The molecule has 3 heteroatoms. The van der Waals surface area contributed by atoms with E-state index >= 15 is 0 Å². The Morgan fingerprint density at radius 1 is 1.21 bits per heavy atom. The Hall–Kier alpha value is 0.270. The molecule has 0 amide bonds. The van der Waals surface area contributed by atoms with Crippen molar-refractivity contribution in [2.24, 2.45) is 5.41 Å². The lowest BCUT2D eigenvalue weighted by Crippen LogP contribution is -2.44. The minimum Gasteiger partial charge on any atom is -0.313 e. The highest BCUT2D eigenvalue weighted by Crippen LogP contribution is 2.22. The third kappa shape index (κ3) is 8.21. The molecule has 0 heterocycles. The SMILES string of the molecule is CCCNC(CCN(C)C(CC)CSC)C(C)(C)C. The summed E-state index contributed by atoms with van der Waals surface area (Å²) in [5.74, 6) is 1.25. The Bertz CT molecular complexity index is 213. The van der Waals surface area contributed by atoms with Crippen LogP contribution >= 0.6 is 11.8 Å². The maximum Gasteiger partial charge on any atom is 0.0180 e. The largest absolute Gasteiger partial charge is 0.313 e. The summed E-state index contributed by atoms with van der Waals surface area (Å²) in [5.41, 5.74) is 0.344. The van der Waals surface area contributed by atoms with Gasteiger partial charge in [-0.25, -0.2) is 0 Å². The van der Waals surface area contributed by atoms with E-state index in [-0.39, 0.29) is 0 Å². The number of thioether (sulfide) groups is 1. The van der Waals surface area contributed by atoms with Crippen LogP contribution in [0.15, 0.2) is 0 Å². The first kappa shape index (κ1) is 19.3. The van der Waals surface area contributed by atoms with Gasteiger partial charge in [0.15, 0.2) is 0 Å². The van der Waals surface area contributed by atoms with Crippen LogP contribution in [0.3, 0.4) is 0 Å². The van der Waals surface area contributed by atoms with Crippen molar-refractivity contribution in [2.45, 2.75) is 66.0 Å². The van der Waals surface area contributed by atoms with Crippen LogP contribution in [-0.2, 0) is 0 Å².